The van der Waals surface area contributed by atoms with Crippen LogP contribution in [0.3, 0.4) is 0 Å². The van der Waals surface area contributed by atoms with Gasteiger partial charge in [-0.1, -0.05) is 0 Å². The van der Waals surface area contributed by atoms with Crippen LogP contribution in [0, 0.1) is 5.41 Å². The molecule has 1 N–H and O–H groups in total. The molecule has 0 aromatic rings. The summed E-state index contributed by atoms with van der Waals surface area (Å²) in [7, 11) is 0. The van der Waals surface area contributed by atoms with Crippen molar-refractivity contribution in [1.82, 2.24) is 9.80 Å². The van der Waals surface area contributed by atoms with E-state index in [0.717, 1.165) is 24.8 Å². The molecular weight excluding hydrogens is 186 g/mol. The molecule has 3 aliphatic rings. The molecule has 84 valence electrons. The van der Waals surface area contributed by atoms with E-state index in [4.69, 9.17) is 5.41 Å². The first-order chi connectivity index (χ1) is 7.34. The Morgan fingerprint density at radius 2 is 1.93 bits per heavy atom. The highest BCUT2D eigenvalue weighted by Gasteiger charge is 2.35. The van der Waals surface area contributed by atoms with Gasteiger partial charge in [0.25, 0.3) is 0 Å². The molecule has 3 heterocycles. The standard InChI is InChI=1S/C12H21N3/c13-12-4-2-7-15(12)11-5-8-14-6-1-3-10(14)9-11/h10-11,13H,1-9H2. The van der Waals surface area contributed by atoms with Crippen molar-refractivity contribution in [2.75, 3.05) is 19.6 Å². The van der Waals surface area contributed by atoms with E-state index >= 15 is 0 Å². The van der Waals surface area contributed by atoms with E-state index in [2.05, 4.69) is 9.80 Å². The summed E-state index contributed by atoms with van der Waals surface area (Å²) in [5, 5.41) is 7.94. The van der Waals surface area contributed by atoms with Gasteiger partial charge >= 0.3 is 0 Å². The van der Waals surface area contributed by atoms with Crippen LogP contribution in [-0.2, 0) is 0 Å². The molecule has 0 saturated carbocycles. The Bertz CT molecular complexity index is 264. The maximum Gasteiger partial charge on any atom is 0.0960 e. The SMILES string of the molecule is N=C1CCCN1C1CCN2CCCC2C1. The number of likely N-dealkylation sites (tertiary alicyclic amines) is 1. The molecule has 0 amide bonds. The summed E-state index contributed by atoms with van der Waals surface area (Å²) in [5.74, 6) is 0.909. The second kappa shape index (κ2) is 3.78. The molecule has 0 aromatic heterocycles. The van der Waals surface area contributed by atoms with E-state index < -0.39 is 0 Å². The first-order valence-corrected chi connectivity index (χ1v) is 6.43. The predicted octanol–water partition coefficient (Wildman–Crippen LogP) is 1.69. The monoisotopic (exact) mass is 207 g/mol. The van der Waals surface area contributed by atoms with Gasteiger partial charge in [-0.25, -0.2) is 0 Å². The van der Waals surface area contributed by atoms with Crippen molar-refractivity contribution in [3.05, 3.63) is 0 Å². The van der Waals surface area contributed by atoms with Gasteiger partial charge in [0.15, 0.2) is 0 Å². The van der Waals surface area contributed by atoms with E-state index in [1.807, 2.05) is 0 Å². The summed E-state index contributed by atoms with van der Waals surface area (Å²) in [5.41, 5.74) is 0. The number of hydrogen-bond acceptors (Lipinski definition) is 2. The lowest BCUT2D eigenvalue weighted by Gasteiger charge is -2.39. The lowest BCUT2D eigenvalue weighted by molar-refractivity contribution is 0.131. The fourth-order valence-corrected chi connectivity index (χ4v) is 3.58. The average Bonchev–Trinajstić information content (AvgIpc) is 2.84. The molecule has 15 heavy (non-hydrogen) atoms. The van der Waals surface area contributed by atoms with E-state index in [-0.39, 0.29) is 0 Å². The van der Waals surface area contributed by atoms with Crippen LogP contribution in [0.25, 0.3) is 0 Å². The number of piperidine rings is 1. The van der Waals surface area contributed by atoms with Gasteiger partial charge in [-0.3, -0.25) is 5.41 Å². The molecule has 0 spiro atoms. The summed E-state index contributed by atoms with van der Waals surface area (Å²) in [4.78, 5) is 5.05. The molecule has 3 fully saturated rings. The van der Waals surface area contributed by atoms with Crippen molar-refractivity contribution >= 4 is 5.84 Å². The van der Waals surface area contributed by atoms with Crippen LogP contribution in [0.15, 0.2) is 0 Å². The summed E-state index contributed by atoms with van der Waals surface area (Å²) in [6.07, 6.45) is 7.64. The Morgan fingerprint density at radius 1 is 1.00 bits per heavy atom. The highest BCUT2D eigenvalue weighted by atomic mass is 15.3. The second-order valence-corrected chi connectivity index (χ2v) is 5.25. The first kappa shape index (κ1) is 9.64. The van der Waals surface area contributed by atoms with E-state index in [0.29, 0.717) is 6.04 Å². The fraction of sp³-hybridized carbons (Fsp3) is 0.917. The molecule has 0 aliphatic carbocycles. The second-order valence-electron chi connectivity index (χ2n) is 5.25. The van der Waals surface area contributed by atoms with Crippen LogP contribution < -0.4 is 0 Å². The summed E-state index contributed by atoms with van der Waals surface area (Å²) >= 11 is 0. The van der Waals surface area contributed by atoms with Crippen molar-refractivity contribution in [2.45, 2.75) is 50.6 Å². The quantitative estimate of drug-likeness (QED) is 0.709. The summed E-state index contributed by atoms with van der Waals surface area (Å²) in [6, 6.07) is 1.54. The maximum atomic E-state index is 7.94. The number of amidine groups is 1. The van der Waals surface area contributed by atoms with Crippen molar-refractivity contribution < 1.29 is 0 Å². The normalized spacial score (nSPS) is 37.3. The van der Waals surface area contributed by atoms with E-state index in [1.54, 1.807) is 0 Å². The van der Waals surface area contributed by atoms with Crippen molar-refractivity contribution in [2.24, 2.45) is 0 Å². The smallest absolute Gasteiger partial charge is 0.0960 e. The average molecular weight is 207 g/mol. The minimum absolute atomic E-state index is 0.694. The molecule has 2 atom stereocenters. The molecule has 3 rings (SSSR count). The number of hydrogen-bond donors (Lipinski definition) is 1. The lowest BCUT2D eigenvalue weighted by Crippen LogP contribution is -2.47. The zero-order valence-electron chi connectivity index (χ0n) is 9.41. The van der Waals surface area contributed by atoms with E-state index in [9.17, 15) is 0 Å². The Kier molecular flexibility index (Phi) is 2.43. The van der Waals surface area contributed by atoms with Gasteiger partial charge in [-0.15, -0.1) is 0 Å². The van der Waals surface area contributed by atoms with Crippen LogP contribution in [0.4, 0.5) is 0 Å². The molecule has 3 aliphatic heterocycles. The topological polar surface area (TPSA) is 30.3 Å². The van der Waals surface area contributed by atoms with E-state index in [1.165, 1.54) is 45.2 Å². The summed E-state index contributed by atoms with van der Waals surface area (Å²) < 4.78 is 0. The van der Waals surface area contributed by atoms with Crippen LogP contribution in [0.2, 0.25) is 0 Å². The molecule has 2 unspecified atom stereocenters. The third-order valence-corrected chi connectivity index (χ3v) is 4.39. The van der Waals surface area contributed by atoms with Gasteiger partial charge in [0.2, 0.25) is 0 Å². The molecule has 3 nitrogen and oxygen atoms in total. The third-order valence-electron chi connectivity index (χ3n) is 4.39. The zero-order valence-corrected chi connectivity index (χ0v) is 9.41. The first-order valence-electron chi connectivity index (χ1n) is 6.43. The van der Waals surface area contributed by atoms with Gasteiger partial charge < -0.3 is 9.80 Å². The van der Waals surface area contributed by atoms with Crippen LogP contribution in [-0.4, -0.2) is 47.4 Å². The molecule has 0 aromatic carbocycles. The fourth-order valence-electron chi connectivity index (χ4n) is 3.58. The highest BCUT2D eigenvalue weighted by Crippen LogP contribution is 2.31. The number of nitrogens with one attached hydrogen (secondary N) is 1. The summed E-state index contributed by atoms with van der Waals surface area (Å²) in [6.45, 7) is 3.75. The van der Waals surface area contributed by atoms with Gasteiger partial charge in [0.05, 0.1) is 5.84 Å². The number of rotatable bonds is 1. The van der Waals surface area contributed by atoms with Gasteiger partial charge in [-0.05, 0) is 38.6 Å². The lowest BCUT2D eigenvalue weighted by atomic mass is 9.96. The third kappa shape index (κ3) is 1.67. The highest BCUT2D eigenvalue weighted by molar-refractivity contribution is 5.81. The zero-order chi connectivity index (χ0) is 10.3. The minimum Gasteiger partial charge on any atom is -0.357 e. The van der Waals surface area contributed by atoms with Crippen molar-refractivity contribution in [3.63, 3.8) is 0 Å². The molecule has 3 saturated heterocycles. The van der Waals surface area contributed by atoms with Gasteiger partial charge in [0.1, 0.15) is 0 Å². The number of fused-ring (bicyclic) bond motifs is 1. The predicted molar refractivity (Wildman–Crippen MR) is 61.3 cm³/mol. The molecule has 3 heteroatoms. The van der Waals surface area contributed by atoms with Crippen molar-refractivity contribution in [3.8, 4) is 0 Å². The van der Waals surface area contributed by atoms with Crippen LogP contribution in [0.1, 0.15) is 38.5 Å². The van der Waals surface area contributed by atoms with Gasteiger partial charge in [0, 0.05) is 31.6 Å². The Hall–Kier alpha value is -0.570. The molecule has 0 bridgehead atoms. The molecule has 0 radical (unpaired) electrons. The van der Waals surface area contributed by atoms with Gasteiger partial charge in [-0.2, -0.15) is 0 Å². The molecular formula is C12H21N3. The largest absolute Gasteiger partial charge is 0.357 e. The minimum atomic E-state index is 0.694. The Morgan fingerprint density at radius 3 is 2.73 bits per heavy atom. The Balaban J connectivity index is 1.65. The maximum absolute atomic E-state index is 7.94. The number of nitrogens with zero attached hydrogens (tertiary/aromatic N) is 2. The van der Waals surface area contributed by atoms with Crippen LogP contribution in [0.5, 0.6) is 0 Å². The Labute approximate surface area is 91.9 Å². The van der Waals surface area contributed by atoms with Crippen molar-refractivity contribution in [1.29, 1.82) is 5.41 Å². The van der Waals surface area contributed by atoms with Crippen LogP contribution >= 0.6 is 0 Å².